The molecule has 4 atom stereocenters. The van der Waals surface area contributed by atoms with E-state index in [0.29, 0.717) is 36.0 Å². The first-order valence-corrected chi connectivity index (χ1v) is 11.7. The van der Waals surface area contributed by atoms with Gasteiger partial charge in [-0.2, -0.15) is 0 Å². The monoisotopic (exact) mass is 469 g/mol. The number of fused-ring (bicyclic) bond motifs is 3. The molecule has 0 spiro atoms. The SMILES string of the molecule is O=C(C[C@H]1C[C@H]2c3cc(NC(=O)Nc4ccc(F)cc4)ccc3O[C@H]2[C@@H](CO)O1)NCC1CC1. The number of carbonyl (C=O) groups excluding carboxylic acids is 2. The van der Waals surface area contributed by atoms with Gasteiger partial charge in [-0.15, -0.1) is 0 Å². The molecule has 5 rings (SSSR count). The van der Waals surface area contributed by atoms with E-state index >= 15 is 0 Å². The second-order valence-corrected chi connectivity index (χ2v) is 9.19. The van der Waals surface area contributed by atoms with E-state index in [0.717, 1.165) is 5.56 Å². The van der Waals surface area contributed by atoms with Crippen LogP contribution in [0.25, 0.3) is 0 Å². The van der Waals surface area contributed by atoms with Crippen LogP contribution in [0.5, 0.6) is 5.75 Å². The molecule has 8 nitrogen and oxygen atoms in total. The van der Waals surface area contributed by atoms with Crippen LogP contribution in [0.1, 0.15) is 37.2 Å². The molecule has 2 aromatic rings. The first-order valence-electron chi connectivity index (χ1n) is 11.7. The third kappa shape index (κ3) is 5.15. The highest BCUT2D eigenvalue weighted by molar-refractivity contribution is 5.99. The number of aliphatic hydroxyl groups excluding tert-OH is 1. The van der Waals surface area contributed by atoms with Crippen molar-refractivity contribution in [3.63, 3.8) is 0 Å². The summed E-state index contributed by atoms with van der Waals surface area (Å²) >= 11 is 0. The Morgan fingerprint density at radius 1 is 1.06 bits per heavy atom. The number of aliphatic hydroxyl groups is 1. The van der Waals surface area contributed by atoms with Crippen molar-refractivity contribution in [2.45, 2.75) is 49.9 Å². The zero-order chi connectivity index (χ0) is 23.7. The normalized spacial score (nSPS) is 25.0. The van der Waals surface area contributed by atoms with Crippen molar-refractivity contribution in [3.05, 3.63) is 53.8 Å². The smallest absolute Gasteiger partial charge is 0.323 e. The standard InChI is InChI=1S/C25H28FN3O5/c26-15-3-5-16(6-4-15)28-25(32)29-17-7-8-21-19(9-17)20-10-18(33-22(13-30)24(20)34-21)11-23(31)27-12-14-1-2-14/h3-9,14,18,20,22,24,30H,1-2,10-13H2,(H,27,31)(H2,28,29,32)/t18-,20+,22-,24-/m1/s1. The molecular weight excluding hydrogens is 441 g/mol. The zero-order valence-corrected chi connectivity index (χ0v) is 18.6. The number of amides is 3. The molecule has 3 amide bonds. The predicted molar refractivity (Wildman–Crippen MR) is 123 cm³/mol. The molecule has 2 aromatic carbocycles. The van der Waals surface area contributed by atoms with Crippen molar-refractivity contribution in [2.75, 3.05) is 23.8 Å². The molecule has 0 unspecified atom stereocenters. The van der Waals surface area contributed by atoms with Gasteiger partial charge in [-0.3, -0.25) is 4.79 Å². The Hall–Kier alpha value is -3.17. The molecule has 0 radical (unpaired) electrons. The highest BCUT2D eigenvalue weighted by Crippen LogP contribution is 2.47. The Bertz CT molecular complexity index is 1060. The summed E-state index contributed by atoms with van der Waals surface area (Å²) in [4.78, 5) is 24.8. The van der Waals surface area contributed by atoms with Crippen molar-refractivity contribution in [1.29, 1.82) is 0 Å². The third-order valence-electron chi connectivity index (χ3n) is 6.56. The van der Waals surface area contributed by atoms with Crippen LogP contribution >= 0.6 is 0 Å². The van der Waals surface area contributed by atoms with Crippen LogP contribution in [0.4, 0.5) is 20.6 Å². The first-order chi connectivity index (χ1) is 16.5. The predicted octanol–water partition coefficient (Wildman–Crippen LogP) is 3.38. The van der Waals surface area contributed by atoms with Gasteiger partial charge in [0.1, 0.15) is 23.8 Å². The maximum Gasteiger partial charge on any atom is 0.323 e. The lowest BCUT2D eigenvalue weighted by Crippen LogP contribution is -2.47. The number of hydrogen-bond donors (Lipinski definition) is 4. The Labute approximate surface area is 196 Å². The second-order valence-electron chi connectivity index (χ2n) is 9.19. The zero-order valence-electron chi connectivity index (χ0n) is 18.6. The summed E-state index contributed by atoms with van der Waals surface area (Å²) in [5.41, 5.74) is 1.96. The minimum Gasteiger partial charge on any atom is -0.487 e. The van der Waals surface area contributed by atoms with E-state index in [1.54, 1.807) is 12.1 Å². The number of urea groups is 1. The van der Waals surface area contributed by atoms with Gasteiger partial charge in [0.2, 0.25) is 5.91 Å². The average Bonchev–Trinajstić information content (AvgIpc) is 3.59. The minimum atomic E-state index is -0.537. The molecule has 2 fully saturated rings. The van der Waals surface area contributed by atoms with E-state index in [1.807, 2.05) is 6.07 Å². The average molecular weight is 470 g/mol. The van der Waals surface area contributed by atoms with E-state index in [-0.39, 0.29) is 42.9 Å². The Morgan fingerprint density at radius 3 is 2.53 bits per heavy atom. The second kappa shape index (κ2) is 9.60. The molecule has 1 saturated carbocycles. The number of nitrogens with one attached hydrogen (secondary N) is 3. The fraction of sp³-hybridized carbons (Fsp3) is 0.440. The van der Waals surface area contributed by atoms with Gasteiger partial charge < -0.3 is 30.5 Å². The number of halogens is 1. The van der Waals surface area contributed by atoms with Gasteiger partial charge >= 0.3 is 6.03 Å². The summed E-state index contributed by atoms with van der Waals surface area (Å²) in [5, 5.41) is 18.3. The van der Waals surface area contributed by atoms with Crippen molar-refractivity contribution >= 4 is 23.3 Å². The van der Waals surface area contributed by atoms with Gasteiger partial charge in [-0.25, -0.2) is 9.18 Å². The van der Waals surface area contributed by atoms with Crippen molar-refractivity contribution in [3.8, 4) is 5.75 Å². The highest BCUT2D eigenvalue weighted by atomic mass is 19.1. The summed E-state index contributed by atoms with van der Waals surface area (Å²) < 4.78 is 25.1. The Kier molecular flexibility index (Phi) is 6.38. The van der Waals surface area contributed by atoms with Gasteiger partial charge in [0.05, 0.1) is 19.1 Å². The summed E-state index contributed by atoms with van der Waals surface area (Å²) in [6.07, 6.45) is 1.94. The molecular formula is C25H28FN3O5. The van der Waals surface area contributed by atoms with E-state index in [4.69, 9.17) is 9.47 Å². The van der Waals surface area contributed by atoms with E-state index in [1.165, 1.54) is 37.1 Å². The van der Waals surface area contributed by atoms with Gasteiger partial charge in [0.15, 0.2) is 0 Å². The third-order valence-corrected chi connectivity index (χ3v) is 6.56. The van der Waals surface area contributed by atoms with Gasteiger partial charge in [0.25, 0.3) is 0 Å². The number of hydrogen-bond acceptors (Lipinski definition) is 5. The fourth-order valence-electron chi connectivity index (χ4n) is 4.65. The lowest BCUT2D eigenvalue weighted by atomic mass is 9.84. The van der Waals surface area contributed by atoms with Crippen molar-refractivity contribution in [2.24, 2.45) is 5.92 Å². The van der Waals surface area contributed by atoms with Crippen LogP contribution in [0.2, 0.25) is 0 Å². The largest absolute Gasteiger partial charge is 0.487 e. The molecule has 180 valence electrons. The van der Waals surface area contributed by atoms with Crippen LogP contribution in [-0.2, 0) is 9.53 Å². The lowest BCUT2D eigenvalue weighted by molar-refractivity contribution is -0.142. The summed E-state index contributed by atoms with van der Waals surface area (Å²) in [5.74, 6) is 0.797. The van der Waals surface area contributed by atoms with Gasteiger partial charge in [0, 0.05) is 29.4 Å². The van der Waals surface area contributed by atoms with E-state index in [2.05, 4.69) is 16.0 Å². The number of rotatable bonds is 7. The molecule has 4 N–H and O–H groups in total. The molecule has 1 aliphatic carbocycles. The summed E-state index contributed by atoms with van der Waals surface area (Å²) in [7, 11) is 0. The van der Waals surface area contributed by atoms with Crippen LogP contribution < -0.4 is 20.7 Å². The van der Waals surface area contributed by atoms with Crippen LogP contribution in [0.3, 0.4) is 0 Å². The number of carbonyl (C=O) groups is 2. The molecule has 0 bridgehead atoms. The minimum absolute atomic E-state index is 0.0425. The number of benzene rings is 2. The fourth-order valence-corrected chi connectivity index (χ4v) is 4.65. The molecule has 2 aliphatic heterocycles. The van der Waals surface area contributed by atoms with Crippen LogP contribution in [-0.4, -0.2) is 48.5 Å². The van der Waals surface area contributed by atoms with Crippen LogP contribution in [0.15, 0.2) is 42.5 Å². The maximum absolute atomic E-state index is 13.1. The number of anilines is 2. The topological polar surface area (TPSA) is 109 Å². The molecule has 0 aromatic heterocycles. The highest BCUT2D eigenvalue weighted by Gasteiger charge is 2.46. The lowest BCUT2D eigenvalue weighted by Gasteiger charge is -2.37. The van der Waals surface area contributed by atoms with E-state index < -0.39 is 12.1 Å². The number of ether oxygens (including phenoxy) is 2. The summed E-state index contributed by atoms with van der Waals surface area (Å²) in [6.45, 7) is 0.503. The maximum atomic E-state index is 13.1. The quantitative estimate of drug-likeness (QED) is 0.497. The Morgan fingerprint density at radius 2 is 1.79 bits per heavy atom. The summed E-state index contributed by atoms with van der Waals surface area (Å²) in [6, 6.07) is 10.4. The molecule has 1 saturated heterocycles. The molecule has 34 heavy (non-hydrogen) atoms. The first kappa shape index (κ1) is 22.6. The van der Waals surface area contributed by atoms with Gasteiger partial charge in [-0.1, -0.05) is 0 Å². The van der Waals surface area contributed by atoms with Crippen molar-refractivity contribution < 1.29 is 28.6 Å². The molecule has 2 heterocycles. The molecule has 3 aliphatic rings. The van der Waals surface area contributed by atoms with Crippen LogP contribution in [0, 0.1) is 11.7 Å². The van der Waals surface area contributed by atoms with Gasteiger partial charge in [-0.05, 0) is 67.6 Å². The van der Waals surface area contributed by atoms with E-state index in [9.17, 15) is 19.1 Å². The Balaban J connectivity index is 1.25. The van der Waals surface area contributed by atoms with Crippen molar-refractivity contribution in [1.82, 2.24) is 5.32 Å². The molecule has 9 heteroatoms.